The van der Waals surface area contributed by atoms with Crippen LogP contribution in [0, 0.1) is 17.8 Å². The molecule has 2 nitrogen and oxygen atoms in total. The molecule has 0 fully saturated rings. The van der Waals surface area contributed by atoms with Crippen molar-refractivity contribution in [1.82, 2.24) is 5.32 Å². The molecule has 0 aromatic heterocycles. The highest BCUT2D eigenvalue weighted by atomic mass is 16.5. The molecule has 5 rings (SSSR count). The first-order valence-electron chi connectivity index (χ1n) is 11.2. The van der Waals surface area contributed by atoms with Crippen molar-refractivity contribution in [3.05, 3.63) is 70.9 Å². The molecule has 0 saturated heterocycles. The SMILES string of the molecule is COc1cccc2c1C1=C(C(C3C=CCCC3)C2)C2C(C)=CC(C)(C)NC2C=C1. The molecule has 29 heavy (non-hydrogen) atoms. The third kappa shape index (κ3) is 3.13. The summed E-state index contributed by atoms with van der Waals surface area (Å²) < 4.78 is 5.83. The normalized spacial score (nSPS) is 32.2. The molecule has 0 radical (unpaired) electrons. The van der Waals surface area contributed by atoms with Crippen molar-refractivity contribution < 1.29 is 4.74 Å². The zero-order valence-electron chi connectivity index (χ0n) is 18.2. The molecule has 1 aromatic rings. The van der Waals surface area contributed by atoms with Gasteiger partial charge in [-0.3, -0.25) is 0 Å². The molecule has 0 bridgehead atoms. The minimum atomic E-state index is 0.0398. The molecular weight excluding hydrogens is 354 g/mol. The van der Waals surface area contributed by atoms with E-state index in [1.54, 1.807) is 12.7 Å². The van der Waals surface area contributed by atoms with E-state index >= 15 is 0 Å². The van der Waals surface area contributed by atoms with Crippen LogP contribution < -0.4 is 10.1 Å². The molecule has 4 aliphatic rings. The van der Waals surface area contributed by atoms with Gasteiger partial charge in [0.1, 0.15) is 5.75 Å². The maximum atomic E-state index is 5.83. The molecule has 0 saturated carbocycles. The number of allylic oxidation sites excluding steroid dienone is 4. The van der Waals surface area contributed by atoms with Crippen LogP contribution in [0.2, 0.25) is 0 Å². The van der Waals surface area contributed by atoms with Crippen LogP contribution in [-0.2, 0) is 6.42 Å². The van der Waals surface area contributed by atoms with Crippen molar-refractivity contribution >= 4 is 5.57 Å². The van der Waals surface area contributed by atoms with E-state index in [4.69, 9.17) is 4.74 Å². The summed E-state index contributed by atoms with van der Waals surface area (Å²) in [6.07, 6.45) is 17.1. The van der Waals surface area contributed by atoms with Gasteiger partial charge in [-0.1, -0.05) is 48.1 Å². The van der Waals surface area contributed by atoms with Crippen LogP contribution in [0.4, 0.5) is 0 Å². The number of hydrogen-bond donors (Lipinski definition) is 1. The van der Waals surface area contributed by atoms with E-state index < -0.39 is 0 Å². The number of hydrogen-bond acceptors (Lipinski definition) is 2. The third-order valence-electron chi connectivity index (χ3n) is 7.34. The Kier molecular flexibility index (Phi) is 4.58. The minimum absolute atomic E-state index is 0.0398. The summed E-state index contributed by atoms with van der Waals surface area (Å²) in [5, 5.41) is 3.89. The second kappa shape index (κ2) is 7.02. The predicted octanol–water partition coefficient (Wildman–Crippen LogP) is 5.86. The highest BCUT2D eigenvalue weighted by Gasteiger charge is 2.43. The Morgan fingerprint density at radius 3 is 2.79 bits per heavy atom. The fraction of sp³-hybridized carbons (Fsp3) is 0.481. The summed E-state index contributed by atoms with van der Waals surface area (Å²) in [6.45, 7) is 6.91. The van der Waals surface area contributed by atoms with Crippen molar-refractivity contribution in [2.75, 3.05) is 7.11 Å². The number of rotatable bonds is 2. The first-order chi connectivity index (χ1) is 14.0. The summed E-state index contributed by atoms with van der Waals surface area (Å²) in [7, 11) is 1.80. The summed E-state index contributed by atoms with van der Waals surface area (Å²) >= 11 is 0. The lowest BCUT2D eigenvalue weighted by atomic mass is 9.61. The lowest BCUT2D eigenvalue weighted by Gasteiger charge is -2.47. The average molecular weight is 388 g/mol. The molecule has 1 aromatic carbocycles. The minimum Gasteiger partial charge on any atom is -0.496 e. The quantitative estimate of drug-likeness (QED) is 0.642. The molecule has 1 heterocycles. The van der Waals surface area contributed by atoms with Crippen molar-refractivity contribution in [3.63, 3.8) is 0 Å². The molecule has 1 N–H and O–H groups in total. The Balaban J connectivity index is 1.71. The number of fused-ring (bicyclic) bond motifs is 4. The van der Waals surface area contributed by atoms with E-state index in [0.29, 0.717) is 23.8 Å². The lowest BCUT2D eigenvalue weighted by Crippen LogP contribution is -2.53. The summed E-state index contributed by atoms with van der Waals surface area (Å²) in [4.78, 5) is 0. The molecular formula is C27H33NO. The largest absolute Gasteiger partial charge is 0.496 e. The van der Waals surface area contributed by atoms with Crippen LogP contribution >= 0.6 is 0 Å². The van der Waals surface area contributed by atoms with E-state index in [9.17, 15) is 0 Å². The second-order valence-corrected chi connectivity index (χ2v) is 9.81. The average Bonchev–Trinajstić information content (AvgIpc) is 2.71. The zero-order valence-corrected chi connectivity index (χ0v) is 18.2. The van der Waals surface area contributed by atoms with E-state index in [-0.39, 0.29) is 5.54 Å². The van der Waals surface area contributed by atoms with Gasteiger partial charge in [-0.25, -0.2) is 0 Å². The van der Waals surface area contributed by atoms with Crippen LogP contribution in [0.1, 0.15) is 51.2 Å². The third-order valence-corrected chi connectivity index (χ3v) is 7.34. The van der Waals surface area contributed by atoms with Crippen LogP contribution in [0.15, 0.2) is 59.7 Å². The van der Waals surface area contributed by atoms with Crippen molar-refractivity contribution in [3.8, 4) is 5.75 Å². The number of ether oxygens (including phenoxy) is 1. The molecule has 2 heteroatoms. The van der Waals surface area contributed by atoms with Gasteiger partial charge in [0.15, 0.2) is 0 Å². The van der Waals surface area contributed by atoms with Gasteiger partial charge in [-0.15, -0.1) is 0 Å². The highest BCUT2D eigenvalue weighted by Crippen LogP contribution is 2.52. The standard InChI is InChI=1S/C27H33NO/c1-17-16-27(2,3)28-22-14-13-20-25-19(11-8-12-23(25)29-4)15-21(26(20)24(17)22)18-9-6-5-7-10-18/h6,8-9,11-14,16,18,21-22,24,28H,5,7,10,15H2,1-4H3. The molecule has 4 atom stereocenters. The second-order valence-electron chi connectivity index (χ2n) is 9.81. The Bertz CT molecular complexity index is 945. The Morgan fingerprint density at radius 2 is 2.03 bits per heavy atom. The van der Waals surface area contributed by atoms with Gasteiger partial charge in [0.2, 0.25) is 0 Å². The smallest absolute Gasteiger partial charge is 0.126 e. The highest BCUT2D eigenvalue weighted by molar-refractivity contribution is 5.86. The summed E-state index contributed by atoms with van der Waals surface area (Å²) in [5.41, 5.74) is 7.39. The van der Waals surface area contributed by atoms with E-state index in [0.717, 1.165) is 12.2 Å². The van der Waals surface area contributed by atoms with Crippen molar-refractivity contribution in [2.24, 2.45) is 17.8 Å². The number of benzene rings is 1. The molecule has 0 amide bonds. The van der Waals surface area contributed by atoms with Crippen LogP contribution in [0.3, 0.4) is 0 Å². The summed E-state index contributed by atoms with van der Waals surface area (Å²) in [5.74, 6) is 2.68. The first-order valence-corrected chi connectivity index (χ1v) is 11.2. The van der Waals surface area contributed by atoms with E-state index in [1.165, 1.54) is 41.5 Å². The van der Waals surface area contributed by atoms with Crippen LogP contribution in [0.5, 0.6) is 5.75 Å². The lowest BCUT2D eigenvalue weighted by molar-refractivity contribution is 0.314. The van der Waals surface area contributed by atoms with Crippen molar-refractivity contribution in [2.45, 2.75) is 58.0 Å². The molecule has 0 spiro atoms. The molecule has 1 aliphatic heterocycles. The number of nitrogens with one attached hydrogen (secondary N) is 1. The predicted molar refractivity (Wildman–Crippen MR) is 121 cm³/mol. The number of methoxy groups -OCH3 is 1. The monoisotopic (exact) mass is 387 g/mol. The fourth-order valence-corrected chi connectivity index (χ4v) is 6.34. The van der Waals surface area contributed by atoms with E-state index in [1.807, 2.05) is 0 Å². The van der Waals surface area contributed by atoms with Gasteiger partial charge < -0.3 is 10.1 Å². The molecule has 3 aliphatic carbocycles. The van der Waals surface area contributed by atoms with Gasteiger partial charge in [-0.2, -0.15) is 0 Å². The van der Waals surface area contributed by atoms with Gasteiger partial charge in [0.05, 0.1) is 7.11 Å². The first kappa shape index (κ1) is 18.9. The van der Waals surface area contributed by atoms with Gasteiger partial charge in [0.25, 0.3) is 0 Å². The molecule has 152 valence electrons. The maximum absolute atomic E-state index is 5.83. The van der Waals surface area contributed by atoms with Crippen LogP contribution in [0.25, 0.3) is 5.57 Å². The van der Waals surface area contributed by atoms with Crippen LogP contribution in [-0.4, -0.2) is 18.7 Å². The van der Waals surface area contributed by atoms with Crippen molar-refractivity contribution in [1.29, 1.82) is 0 Å². The Labute approximate surface area is 175 Å². The topological polar surface area (TPSA) is 21.3 Å². The Hall–Kier alpha value is -2.06. The van der Waals surface area contributed by atoms with E-state index in [2.05, 4.69) is 74.7 Å². The molecule has 4 unspecified atom stereocenters. The maximum Gasteiger partial charge on any atom is 0.126 e. The van der Waals surface area contributed by atoms with Gasteiger partial charge >= 0.3 is 0 Å². The summed E-state index contributed by atoms with van der Waals surface area (Å²) in [6, 6.07) is 6.96. The zero-order chi connectivity index (χ0) is 20.2. The van der Waals surface area contributed by atoms with Gasteiger partial charge in [0, 0.05) is 23.1 Å². The fourth-order valence-electron chi connectivity index (χ4n) is 6.34. The Morgan fingerprint density at radius 1 is 1.17 bits per heavy atom. The van der Waals surface area contributed by atoms with Gasteiger partial charge in [-0.05, 0) is 81.1 Å².